The van der Waals surface area contributed by atoms with Gasteiger partial charge in [0.15, 0.2) is 0 Å². The van der Waals surface area contributed by atoms with Crippen LogP contribution in [0.2, 0.25) is 0 Å². The van der Waals surface area contributed by atoms with Crippen LogP contribution in [0.25, 0.3) is 0 Å². The standard InChI is InChI=1S/C4H3NO2S.C3H4N2O/c6-4(7)3-5-1-2-8-3;4-3-1-5-6-2-3/h1-2H,(H,6,7);1-2H,4H2. The molecule has 14 heavy (non-hydrogen) atoms. The number of hydrogen-bond donors (Lipinski definition) is 2. The van der Waals surface area contributed by atoms with Crippen LogP contribution in [0.15, 0.2) is 28.6 Å². The minimum absolute atomic E-state index is 0.144. The Bertz CT molecular complexity index is 371. The van der Waals surface area contributed by atoms with Crippen molar-refractivity contribution in [1.82, 2.24) is 10.1 Å². The Hall–Kier alpha value is -1.89. The van der Waals surface area contributed by atoms with Crippen LogP contribution in [0.1, 0.15) is 9.80 Å². The van der Waals surface area contributed by atoms with E-state index in [0.717, 1.165) is 11.3 Å². The third kappa shape index (κ3) is 3.23. The van der Waals surface area contributed by atoms with Crippen molar-refractivity contribution in [1.29, 1.82) is 0 Å². The number of thiazole rings is 1. The molecule has 0 spiro atoms. The summed E-state index contributed by atoms with van der Waals surface area (Å²) in [6.07, 6.45) is 4.29. The summed E-state index contributed by atoms with van der Waals surface area (Å²) >= 11 is 1.12. The number of nitrogens with two attached hydrogens (primary N) is 1. The van der Waals surface area contributed by atoms with Crippen molar-refractivity contribution in [2.24, 2.45) is 0 Å². The lowest BCUT2D eigenvalue weighted by molar-refractivity contribution is 0.0696. The van der Waals surface area contributed by atoms with E-state index < -0.39 is 5.97 Å². The third-order valence-corrected chi connectivity index (χ3v) is 1.83. The Morgan fingerprint density at radius 2 is 2.43 bits per heavy atom. The minimum Gasteiger partial charge on any atom is -0.476 e. The number of carboxylic acid groups (broad SMARTS) is 1. The lowest BCUT2D eigenvalue weighted by Crippen LogP contribution is -1.92. The zero-order valence-electron chi connectivity index (χ0n) is 6.95. The van der Waals surface area contributed by atoms with Gasteiger partial charge >= 0.3 is 5.97 Å². The van der Waals surface area contributed by atoms with Crippen molar-refractivity contribution in [3.05, 3.63) is 29.0 Å². The second kappa shape index (κ2) is 4.97. The molecule has 74 valence electrons. The molecule has 2 aromatic rings. The van der Waals surface area contributed by atoms with E-state index in [1.807, 2.05) is 0 Å². The Morgan fingerprint density at radius 3 is 2.64 bits per heavy atom. The molecular weight excluding hydrogens is 206 g/mol. The first-order chi connectivity index (χ1) is 6.70. The molecule has 0 aliphatic heterocycles. The van der Waals surface area contributed by atoms with Gasteiger partial charge in [-0.1, -0.05) is 5.16 Å². The van der Waals surface area contributed by atoms with Crippen molar-refractivity contribution < 1.29 is 14.4 Å². The van der Waals surface area contributed by atoms with Gasteiger partial charge in [-0.3, -0.25) is 0 Å². The van der Waals surface area contributed by atoms with Crippen LogP contribution in [0.3, 0.4) is 0 Å². The summed E-state index contributed by atoms with van der Waals surface area (Å²) in [5.74, 6) is -0.958. The summed E-state index contributed by atoms with van der Waals surface area (Å²) in [6.45, 7) is 0. The maximum absolute atomic E-state index is 10.0. The molecule has 0 saturated heterocycles. The zero-order valence-corrected chi connectivity index (χ0v) is 7.77. The first kappa shape index (κ1) is 10.2. The lowest BCUT2D eigenvalue weighted by atomic mass is 10.6. The molecular formula is C7H7N3O3S. The molecule has 0 fully saturated rings. The van der Waals surface area contributed by atoms with Gasteiger partial charge in [-0.05, 0) is 0 Å². The topological polar surface area (TPSA) is 102 Å². The zero-order chi connectivity index (χ0) is 10.4. The Kier molecular flexibility index (Phi) is 3.62. The highest BCUT2D eigenvalue weighted by Gasteiger charge is 2.01. The third-order valence-electron chi connectivity index (χ3n) is 1.07. The fourth-order valence-corrected chi connectivity index (χ4v) is 1.02. The summed E-state index contributed by atoms with van der Waals surface area (Å²) < 4.78 is 4.34. The largest absolute Gasteiger partial charge is 0.476 e. The second-order valence-corrected chi connectivity index (χ2v) is 2.99. The molecule has 0 atom stereocenters. The Morgan fingerprint density at radius 1 is 1.64 bits per heavy atom. The van der Waals surface area contributed by atoms with E-state index in [0.29, 0.717) is 5.69 Å². The van der Waals surface area contributed by atoms with E-state index in [4.69, 9.17) is 10.8 Å². The summed E-state index contributed by atoms with van der Waals surface area (Å²) in [6, 6.07) is 0. The number of nitrogens with zero attached hydrogens (tertiary/aromatic N) is 2. The van der Waals surface area contributed by atoms with Crippen molar-refractivity contribution in [3.8, 4) is 0 Å². The maximum Gasteiger partial charge on any atom is 0.364 e. The van der Waals surface area contributed by atoms with Crippen molar-refractivity contribution in [3.63, 3.8) is 0 Å². The molecule has 0 radical (unpaired) electrons. The number of aromatic carboxylic acids is 1. The number of hydrogen-bond acceptors (Lipinski definition) is 6. The van der Waals surface area contributed by atoms with E-state index in [1.54, 1.807) is 5.38 Å². The monoisotopic (exact) mass is 213 g/mol. The van der Waals surface area contributed by atoms with Crippen LogP contribution in [0, 0.1) is 0 Å². The number of nitrogen functional groups attached to an aromatic ring is 1. The molecule has 2 rings (SSSR count). The first-order valence-corrected chi connectivity index (χ1v) is 4.35. The normalized spacial score (nSPS) is 8.86. The summed E-state index contributed by atoms with van der Waals surface area (Å²) in [5.41, 5.74) is 5.69. The summed E-state index contributed by atoms with van der Waals surface area (Å²) in [5, 5.41) is 13.3. The van der Waals surface area contributed by atoms with Crippen LogP contribution in [0.5, 0.6) is 0 Å². The van der Waals surface area contributed by atoms with Crippen LogP contribution in [-0.4, -0.2) is 21.2 Å². The van der Waals surface area contributed by atoms with Crippen LogP contribution in [-0.2, 0) is 0 Å². The number of rotatable bonds is 1. The fraction of sp³-hybridized carbons (Fsp3) is 0. The molecule has 0 saturated carbocycles. The molecule has 0 bridgehead atoms. The van der Waals surface area contributed by atoms with E-state index in [1.165, 1.54) is 18.7 Å². The van der Waals surface area contributed by atoms with Gasteiger partial charge < -0.3 is 15.4 Å². The van der Waals surface area contributed by atoms with Crippen molar-refractivity contribution in [2.75, 3.05) is 5.73 Å². The van der Waals surface area contributed by atoms with Gasteiger partial charge in [0.05, 0.1) is 11.9 Å². The van der Waals surface area contributed by atoms with Gasteiger partial charge in [0.1, 0.15) is 6.26 Å². The van der Waals surface area contributed by atoms with Crippen molar-refractivity contribution >= 4 is 23.0 Å². The van der Waals surface area contributed by atoms with Crippen LogP contribution in [0.4, 0.5) is 5.69 Å². The number of carbonyl (C=O) groups is 1. The van der Waals surface area contributed by atoms with Gasteiger partial charge in [0.25, 0.3) is 0 Å². The van der Waals surface area contributed by atoms with E-state index in [2.05, 4.69) is 14.7 Å². The SMILES string of the molecule is Nc1cnoc1.O=C(O)c1nccs1. The summed E-state index contributed by atoms with van der Waals surface area (Å²) in [4.78, 5) is 13.5. The maximum atomic E-state index is 10.0. The van der Waals surface area contributed by atoms with Gasteiger partial charge in [0, 0.05) is 11.6 Å². The predicted octanol–water partition coefficient (Wildman–Crippen LogP) is 1.10. The average molecular weight is 213 g/mol. The van der Waals surface area contributed by atoms with E-state index in [-0.39, 0.29) is 5.01 Å². The van der Waals surface area contributed by atoms with E-state index in [9.17, 15) is 4.79 Å². The Labute approximate surface area is 83.0 Å². The van der Waals surface area contributed by atoms with Crippen LogP contribution >= 0.6 is 11.3 Å². The molecule has 0 unspecified atom stereocenters. The molecule has 2 heterocycles. The van der Waals surface area contributed by atoms with Gasteiger partial charge in [0.2, 0.25) is 5.01 Å². The van der Waals surface area contributed by atoms with Gasteiger partial charge in [-0.2, -0.15) is 0 Å². The molecule has 6 nitrogen and oxygen atoms in total. The highest BCUT2D eigenvalue weighted by Crippen LogP contribution is 2.01. The fourth-order valence-electron chi connectivity index (χ4n) is 0.542. The van der Waals surface area contributed by atoms with Crippen LogP contribution < -0.4 is 5.73 Å². The van der Waals surface area contributed by atoms with Crippen molar-refractivity contribution in [2.45, 2.75) is 0 Å². The predicted molar refractivity (Wildman–Crippen MR) is 50.0 cm³/mol. The smallest absolute Gasteiger partial charge is 0.364 e. The molecule has 3 N–H and O–H groups in total. The molecule has 7 heteroatoms. The molecule has 0 amide bonds. The highest BCUT2D eigenvalue weighted by atomic mass is 32.1. The number of carboxylic acids is 1. The highest BCUT2D eigenvalue weighted by molar-refractivity contribution is 7.11. The summed E-state index contributed by atoms with van der Waals surface area (Å²) in [7, 11) is 0. The quantitative estimate of drug-likeness (QED) is 0.735. The van der Waals surface area contributed by atoms with Gasteiger partial charge in [-0.15, -0.1) is 11.3 Å². The van der Waals surface area contributed by atoms with E-state index >= 15 is 0 Å². The molecule has 0 aliphatic rings. The second-order valence-electron chi connectivity index (χ2n) is 2.10. The van der Waals surface area contributed by atoms with Gasteiger partial charge in [-0.25, -0.2) is 9.78 Å². The molecule has 2 aromatic heterocycles. The lowest BCUT2D eigenvalue weighted by Gasteiger charge is -1.77. The number of anilines is 1. The molecule has 0 aromatic carbocycles. The molecule has 0 aliphatic carbocycles. The first-order valence-electron chi connectivity index (χ1n) is 3.48. The minimum atomic E-state index is -0.958. The number of aromatic nitrogens is 2. The Balaban J connectivity index is 0.000000146. The average Bonchev–Trinajstić information content (AvgIpc) is 2.75.